The molecule has 0 aromatic heterocycles. The first kappa shape index (κ1) is 20.0. The van der Waals surface area contributed by atoms with Crippen molar-refractivity contribution in [3.63, 3.8) is 0 Å². The minimum Gasteiger partial charge on any atom is -0.493 e. The zero-order valence-corrected chi connectivity index (χ0v) is 16.4. The molecule has 2 aromatic rings. The smallest absolute Gasteiger partial charge is 0.223 e. The van der Waals surface area contributed by atoms with Gasteiger partial charge in [0, 0.05) is 6.26 Å². The molecule has 0 radical (unpaired) electrons. The first-order chi connectivity index (χ1) is 12.2. The molecule has 6 heteroatoms. The fourth-order valence-electron chi connectivity index (χ4n) is 2.67. The predicted octanol–water partition coefficient (Wildman–Crippen LogP) is 3.35. The summed E-state index contributed by atoms with van der Waals surface area (Å²) in [6, 6.07) is 12.3. The second-order valence-corrected chi connectivity index (χ2v) is 8.47. The molecule has 0 heterocycles. The van der Waals surface area contributed by atoms with Gasteiger partial charge >= 0.3 is 0 Å². The number of hydrogen-bond acceptors (Lipinski definition) is 4. The van der Waals surface area contributed by atoms with E-state index < -0.39 is 9.84 Å². The summed E-state index contributed by atoms with van der Waals surface area (Å²) in [5.41, 5.74) is 2.94. The number of sulfone groups is 1. The number of nitrogens with one attached hydrogen (secondary N) is 1. The van der Waals surface area contributed by atoms with Gasteiger partial charge in [-0.15, -0.1) is 0 Å². The maximum atomic E-state index is 12.1. The lowest BCUT2D eigenvalue weighted by Crippen LogP contribution is -2.28. The molecule has 0 aliphatic rings. The third-order valence-corrected chi connectivity index (χ3v) is 5.30. The van der Waals surface area contributed by atoms with Crippen LogP contribution in [0.25, 0.3) is 0 Å². The van der Waals surface area contributed by atoms with Crippen molar-refractivity contribution in [3.8, 4) is 5.75 Å². The number of carbonyl (C=O) groups is 1. The lowest BCUT2D eigenvalue weighted by Gasteiger charge is -2.16. The SMILES string of the molecule is Cc1cccc(C)c1OCCC(=O)NC(C)c1ccc(S(C)(=O)=O)cc1. The van der Waals surface area contributed by atoms with Crippen molar-refractivity contribution in [1.29, 1.82) is 0 Å². The number of amides is 1. The fraction of sp³-hybridized carbons (Fsp3) is 0.350. The van der Waals surface area contributed by atoms with Crippen LogP contribution in [0.2, 0.25) is 0 Å². The number of rotatable bonds is 7. The number of benzene rings is 2. The summed E-state index contributed by atoms with van der Waals surface area (Å²) in [6.45, 7) is 6.12. The van der Waals surface area contributed by atoms with Gasteiger partial charge in [0.1, 0.15) is 5.75 Å². The number of hydrogen-bond donors (Lipinski definition) is 1. The van der Waals surface area contributed by atoms with E-state index in [0.717, 1.165) is 22.4 Å². The molecule has 26 heavy (non-hydrogen) atoms. The second-order valence-electron chi connectivity index (χ2n) is 6.45. The van der Waals surface area contributed by atoms with Gasteiger partial charge in [0.2, 0.25) is 5.91 Å². The van der Waals surface area contributed by atoms with Gasteiger partial charge in [-0.1, -0.05) is 30.3 Å². The van der Waals surface area contributed by atoms with Gasteiger partial charge in [-0.2, -0.15) is 0 Å². The molecule has 0 spiro atoms. The highest BCUT2D eigenvalue weighted by molar-refractivity contribution is 7.90. The summed E-state index contributed by atoms with van der Waals surface area (Å²) >= 11 is 0. The normalized spacial score (nSPS) is 12.5. The van der Waals surface area contributed by atoms with Gasteiger partial charge in [-0.05, 0) is 49.6 Å². The molecule has 1 amide bonds. The molecule has 0 aliphatic carbocycles. The van der Waals surface area contributed by atoms with Gasteiger partial charge in [-0.25, -0.2) is 8.42 Å². The van der Waals surface area contributed by atoms with E-state index in [9.17, 15) is 13.2 Å². The standard InChI is InChI=1S/C20H25NO4S/c1-14-6-5-7-15(2)20(14)25-13-12-19(22)21-16(3)17-8-10-18(11-9-17)26(4,23)24/h5-11,16H,12-13H2,1-4H3,(H,21,22). The van der Waals surface area contributed by atoms with Crippen molar-refractivity contribution in [2.75, 3.05) is 12.9 Å². The number of aryl methyl sites for hydroxylation is 2. The Bertz CT molecular complexity index is 853. The highest BCUT2D eigenvalue weighted by Gasteiger charge is 2.12. The average molecular weight is 375 g/mol. The van der Waals surface area contributed by atoms with Gasteiger partial charge in [0.05, 0.1) is 24.0 Å². The lowest BCUT2D eigenvalue weighted by molar-refractivity contribution is -0.122. The molecule has 140 valence electrons. The quantitative estimate of drug-likeness (QED) is 0.805. The van der Waals surface area contributed by atoms with E-state index in [1.807, 2.05) is 39.0 Å². The molecule has 2 aromatic carbocycles. The Balaban J connectivity index is 1.87. The van der Waals surface area contributed by atoms with E-state index in [-0.39, 0.29) is 23.3 Å². The van der Waals surface area contributed by atoms with E-state index >= 15 is 0 Å². The maximum absolute atomic E-state index is 12.1. The Morgan fingerprint density at radius 3 is 2.19 bits per heavy atom. The molecule has 5 nitrogen and oxygen atoms in total. The molecule has 0 fully saturated rings. The highest BCUT2D eigenvalue weighted by Crippen LogP contribution is 2.22. The van der Waals surface area contributed by atoms with E-state index in [2.05, 4.69) is 5.32 Å². The summed E-state index contributed by atoms with van der Waals surface area (Å²) in [5.74, 6) is 0.709. The molecule has 0 bridgehead atoms. The predicted molar refractivity (Wildman–Crippen MR) is 102 cm³/mol. The van der Waals surface area contributed by atoms with Gasteiger partial charge in [0.25, 0.3) is 0 Å². The van der Waals surface area contributed by atoms with Crippen LogP contribution in [0.5, 0.6) is 5.75 Å². The first-order valence-corrected chi connectivity index (χ1v) is 10.4. The Morgan fingerprint density at radius 1 is 1.08 bits per heavy atom. The molecule has 0 saturated carbocycles. The Hall–Kier alpha value is -2.34. The Kier molecular flexibility index (Phi) is 6.42. The summed E-state index contributed by atoms with van der Waals surface area (Å²) in [6.07, 6.45) is 1.42. The van der Waals surface area contributed by atoms with Crippen molar-refractivity contribution >= 4 is 15.7 Å². The van der Waals surface area contributed by atoms with Crippen molar-refractivity contribution in [2.24, 2.45) is 0 Å². The molecule has 2 rings (SSSR count). The monoisotopic (exact) mass is 375 g/mol. The van der Waals surface area contributed by atoms with Gasteiger partial charge < -0.3 is 10.1 Å². The molecule has 0 saturated heterocycles. The van der Waals surface area contributed by atoms with Crippen molar-refractivity contribution < 1.29 is 17.9 Å². The fourth-order valence-corrected chi connectivity index (χ4v) is 3.30. The van der Waals surface area contributed by atoms with Crippen LogP contribution in [0.4, 0.5) is 0 Å². The zero-order valence-electron chi connectivity index (χ0n) is 15.6. The number of para-hydroxylation sites is 1. The maximum Gasteiger partial charge on any atom is 0.223 e. The van der Waals surface area contributed by atoms with E-state index in [0.29, 0.717) is 6.61 Å². The van der Waals surface area contributed by atoms with Crippen molar-refractivity contribution in [1.82, 2.24) is 5.32 Å². The van der Waals surface area contributed by atoms with Gasteiger partial charge in [-0.3, -0.25) is 4.79 Å². The average Bonchev–Trinajstić information content (AvgIpc) is 2.57. The topological polar surface area (TPSA) is 72.5 Å². The van der Waals surface area contributed by atoms with Crippen LogP contribution in [-0.2, 0) is 14.6 Å². The highest BCUT2D eigenvalue weighted by atomic mass is 32.2. The minimum atomic E-state index is -3.22. The summed E-state index contributed by atoms with van der Waals surface area (Å²) in [4.78, 5) is 12.4. The van der Waals surface area contributed by atoms with Crippen molar-refractivity contribution in [2.45, 2.75) is 38.1 Å². The first-order valence-electron chi connectivity index (χ1n) is 8.47. The third-order valence-electron chi connectivity index (χ3n) is 4.17. The summed E-state index contributed by atoms with van der Waals surface area (Å²) in [7, 11) is -3.22. The van der Waals surface area contributed by atoms with Crippen LogP contribution in [0, 0.1) is 13.8 Å². The zero-order chi connectivity index (χ0) is 19.3. The largest absolute Gasteiger partial charge is 0.493 e. The van der Waals surface area contributed by atoms with Crippen LogP contribution in [0.15, 0.2) is 47.4 Å². The van der Waals surface area contributed by atoms with Crippen LogP contribution in [-0.4, -0.2) is 27.2 Å². The number of ether oxygens (including phenoxy) is 1. The van der Waals surface area contributed by atoms with Crippen molar-refractivity contribution in [3.05, 3.63) is 59.2 Å². The van der Waals surface area contributed by atoms with E-state index in [1.54, 1.807) is 24.3 Å². The summed E-state index contributed by atoms with van der Waals surface area (Å²) < 4.78 is 28.7. The van der Waals surface area contributed by atoms with Crippen LogP contribution in [0.1, 0.15) is 36.1 Å². The van der Waals surface area contributed by atoms with E-state index in [1.165, 1.54) is 6.26 Å². The van der Waals surface area contributed by atoms with Crippen LogP contribution < -0.4 is 10.1 Å². The van der Waals surface area contributed by atoms with Crippen LogP contribution in [0.3, 0.4) is 0 Å². The molecule has 0 aliphatic heterocycles. The Labute approximate surface area is 155 Å². The third kappa shape index (κ3) is 5.33. The second kappa shape index (κ2) is 8.36. The van der Waals surface area contributed by atoms with E-state index in [4.69, 9.17) is 4.74 Å². The number of carbonyl (C=O) groups excluding carboxylic acids is 1. The molecule has 1 N–H and O–H groups in total. The van der Waals surface area contributed by atoms with Crippen LogP contribution >= 0.6 is 0 Å². The van der Waals surface area contributed by atoms with Gasteiger partial charge in [0.15, 0.2) is 9.84 Å². The molecule has 1 unspecified atom stereocenters. The molecular formula is C20H25NO4S. The Morgan fingerprint density at radius 2 is 1.65 bits per heavy atom. The molecular weight excluding hydrogens is 350 g/mol. The summed E-state index contributed by atoms with van der Waals surface area (Å²) in [5, 5.41) is 2.90. The molecule has 1 atom stereocenters. The minimum absolute atomic E-state index is 0.115. The lowest BCUT2D eigenvalue weighted by atomic mass is 10.1.